The lowest BCUT2D eigenvalue weighted by Crippen LogP contribution is -2.60. The Labute approximate surface area is 195 Å². The topological polar surface area (TPSA) is 277 Å². The Kier molecular flexibility index (Phi) is 14.0. The number of carboxylic acid groups (broad SMARTS) is 2. The molecular formula is C19H34N6O9. The van der Waals surface area contributed by atoms with Crippen LogP contribution in [0.15, 0.2) is 0 Å². The Morgan fingerprint density at radius 1 is 0.853 bits per heavy atom. The normalized spacial score (nSPS) is 15.2. The van der Waals surface area contributed by atoms with Crippen LogP contribution in [0.2, 0.25) is 0 Å². The van der Waals surface area contributed by atoms with Gasteiger partial charge in [-0.3, -0.25) is 24.0 Å². The van der Waals surface area contributed by atoms with Gasteiger partial charge in [-0.1, -0.05) is 6.42 Å². The van der Waals surface area contributed by atoms with Crippen molar-refractivity contribution < 1.29 is 44.1 Å². The molecule has 0 heterocycles. The summed E-state index contributed by atoms with van der Waals surface area (Å²) in [4.78, 5) is 70.8. The van der Waals surface area contributed by atoms with E-state index in [0.29, 0.717) is 19.4 Å². The van der Waals surface area contributed by atoms with Gasteiger partial charge in [0.2, 0.25) is 23.6 Å². The number of hydrogen-bond acceptors (Lipinski definition) is 9. The molecule has 0 rings (SSSR count). The van der Waals surface area contributed by atoms with Crippen LogP contribution in [0.25, 0.3) is 0 Å². The molecule has 0 aliphatic rings. The van der Waals surface area contributed by atoms with Gasteiger partial charge < -0.3 is 48.5 Å². The Hall–Kier alpha value is -3.30. The predicted molar refractivity (Wildman–Crippen MR) is 117 cm³/mol. The van der Waals surface area contributed by atoms with Crippen LogP contribution in [0.5, 0.6) is 0 Å². The molecule has 0 aromatic heterocycles. The van der Waals surface area contributed by atoms with Gasteiger partial charge in [-0.05, 0) is 32.7 Å². The number of unbranched alkanes of at least 4 members (excludes halogenated alkanes) is 1. The minimum atomic E-state index is -1.71. The fourth-order valence-corrected chi connectivity index (χ4v) is 2.78. The second-order valence-corrected chi connectivity index (χ2v) is 7.68. The summed E-state index contributed by atoms with van der Waals surface area (Å²) in [5.41, 5.74) is 16.1. The molecule has 0 aromatic carbocycles. The summed E-state index contributed by atoms with van der Waals surface area (Å²) in [6.07, 6.45) is -1.73. The van der Waals surface area contributed by atoms with Gasteiger partial charge in [0, 0.05) is 6.42 Å². The molecule has 0 bridgehead atoms. The zero-order valence-corrected chi connectivity index (χ0v) is 18.9. The van der Waals surface area contributed by atoms with Gasteiger partial charge >= 0.3 is 11.9 Å². The van der Waals surface area contributed by atoms with Crippen LogP contribution in [0, 0.1) is 0 Å². The van der Waals surface area contributed by atoms with Crippen molar-refractivity contribution in [3.05, 3.63) is 0 Å². The fraction of sp³-hybridized carbons (Fsp3) is 0.684. The van der Waals surface area contributed by atoms with E-state index >= 15 is 0 Å². The van der Waals surface area contributed by atoms with Crippen molar-refractivity contribution in [3.63, 3.8) is 0 Å². The zero-order valence-electron chi connectivity index (χ0n) is 18.9. The standard InChI is InChI=1S/C19H34N6O9/c1-9(26)15(25-16(30)10(21)4-2-3-7-20)18(32)23-11(5-6-14(28)29)17(31)24-12(19(33)34)8-13(22)27/h9-12,15,26H,2-8,20-21H2,1H3,(H2,22,27)(H,23,32)(H,24,31)(H,25,30)(H,28,29)(H,33,34). The SMILES string of the molecule is CC(O)C(NC(=O)C(N)CCCCN)C(=O)NC(CCC(=O)O)C(=O)NC(CC(N)=O)C(=O)O. The molecule has 15 nitrogen and oxygen atoms in total. The molecule has 34 heavy (non-hydrogen) atoms. The maximum absolute atomic E-state index is 12.7. The molecule has 4 amide bonds. The molecule has 0 aliphatic carbocycles. The van der Waals surface area contributed by atoms with E-state index in [0.717, 1.165) is 0 Å². The number of amides is 4. The summed E-state index contributed by atoms with van der Waals surface area (Å²) in [6, 6.07) is -5.81. The summed E-state index contributed by atoms with van der Waals surface area (Å²) in [5.74, 6) is -6.77. The van der Waals surface area contributed by atoms with Gasteiger partial charge in [0.05, 0.1) is 18.6 Å². The fourth-order valence-electron chi connectivity index (χ4n) is 2.78. The number of carbonyl (C=O) groups is 6. The Bertz CT molecular complexity index is 746. The number of primary amides is 1. The predicted octanol–water partition coefficient (Wildman–Crippen LogP) is -3.90. The van der Waals surface area contributed by atoms with Crippen LogP contribution in [0.3, 0.4) is 0 Å². The molecule has 0 saturated carbocycles. The summed E-state index contributed by atoms with van der Waals surface area (Å²) in [5, 5.41) is 34.5. The number of hydrogen-bond donors (Lipinski definition) is 9. The quantitative estimate of drug-likeness (QED) is 0.0888. The van der Waals surface area contributed by atoms with E-state index in [9.17, 15) is 33.9 Å². The highest BCUT2D eigenvalue weighted by Gasteiger charge is 2.33. The molecule has 0 fully saturated rings. The molecule has 0 aliphatic heterocycles. The van der Waals surface area contributed by atoms with Crippen molar-refractivity contribution in [2.75, 3.05) is 6.54 Å². The number of aliphatic hydroxyl groups excluding tert-OH is 1. The summed E-state index contributed by atoms with van der Waals surface area (Å²) in [7, 11) is 0. The number of aliphatic hydroxyl groups is 1. The molecule has 0 saturated heterocycles. The average Bonchev–Trinajstić information content (AvgIpc) is 2.73. The molecule has 12 N–H and O–H groups in total. The first kappa shape index (κ1) is 30.7. The minimum absolute atomic E-state index is 0.275. The van der Waals surface area contributed by atoms with Crippen LogP contribution < -0.4 is 33.2 Å². The number of rotatable bonds is 17. The second kappa shape index (κ2) is 15.5. The highest BCUT2D eigenvalue weighted by molar-refractivity contribution is 5.95. The average molecular weight is 491 g/mol. The van der Waals surface area contributed by atoms with E-state index in [2.05, 4.69) is 10.6 Å². The number of carboxylic acids is 2. The van der Waals surface area contributed by atoms with Gasteiger partial charge in [0.1, 0.15) is 18.1 Å². The van der Waals surface area contributed by atoms with Crippen molar-refractivity contribution >= 4 is 35.6 Å². The third kappa shape index (κ3) is 12.1. The van der Waals surface area contributed by atoms with Gasteiger partial charge in [-0.15, -0.1) is 0 Å². The van der Waals surface area contributed by atoms with E-state index in [1.54, 1.807) is 0 Å². The van der Waals surface area contributed by atoms with Crippen molar-refractivity contribution in [2.45, 2.75) is 75.7 Å². The number of nitrogens with one attached hydrogen (secondary N) is 3. The minimum Gasteiger partial charge on any atom is -0.481 e. The summed E-state index contributed by atoms with van der Waals surface area (Å²) < 4.78 is 0. The summed E-state index contributed by atoms with van der Waals surface area (Å²) >= 11 is 0. The van der Waals surface area contributed by atoms with E-state index in [-0.39, 0.29) is 6.42 Å². The van der Waals surface area contributed by atoms with Crippen molar-refractivity contribution in [1.29, 1.82) is 0 Å². The van der Waals surface area contributed by atoms with E-state index in [1.807, 2.05) is 5.32 Å². The largest absolute Gasteiger partial charge is 0.481 e. The first-order valence-electron chi connectivity index (χ1n) is 10.6. The second-order valence-electron chi connectivity index (χ2n) is 7.68. The maximum Gasteiger partial charge on any atom is 0.326 e. The summed E-state index contributed by atoms with van der Waals surface area (Å²) in [6.45, 7) is 1.61. The Morgan fingerprint density at radius 2 is 1.44 bits per heavy atom. The van der Waals surface area contributed by atoms with Crippen LogP contribution in [-0.4, -0.2) is 87.7 Å². The highest BCUT2D eigenvalue weighted by atomic mass is 16.4. The van der Waals surface area contributed by atoms with E-state index in [4.69, 9.17) is 27.4 Å². The lowest BCUT2D eigenvalue weighted by Gasteiger charge is -2.26. The van der Waals surface area contributed by atoms with Crippen LogP contribution in [-0.2, 0) is 28.8 Å². The van der Waals surface area contributed by atoms with Crippen molar-refractivity contribution in [3.8, 4) is 0 Å². The van der Waals surface area contributed by atoms with E-state index in [1.165, 1.54) is 6.92 Å². The van der Waals surface area contributed by atoms with Gasteiger partial charge in [-0.2, -0.15) is 0 Å². The molecule has 194 valence electrons. The molecule has 5 atom stereocenters. The smallest absolute Gasteiger partial charge is 0.326 e. The lowest BCUT2D eigenvalue weighted by molar-refractivity contribution is -0.144. The number of nitrogens with two attached hydrogens (primary N) is 3. The molecule has 15 heteroatoms. The Balaban J connectivity index is 5.44. The zero-order chi connectivity index (χ0) is 26.4. The number of carbonyl (C=O) groups excluding carboxylic acids is 4. The van der Waals surface area contributed by atoms with Crippen LogP contribution >= 0.6 is 0 Å². The van der Waals surface area contributed by atoms with Gasteiger partial charge in [-0.25, -0.2) is 4.79 Å². The maximum atomic E-state index is 12.7. The molecule has 0 spiro atoms. The molecule has 0 radical (unpaired) electrons. The first-order valence-corrected chi connectivity index (χ1v) is 10.6. The van der Waals surface area contributed by atoms with Gasteiger partial charge in [0.15, 0.2) is 0 Å². The first-order chi connectivity index (χ1) is 15.8. The third-order valence-corrected chi connectivity index (χ3v) is 4.67. The highest BCUT2D eigenvalue weighted by Crippen LogP contribution is 2.05. The van der Waals surface area contributed by atoms with E-state index < -0.39 is 85.1 Å². The Morgan fingerprint density at radius 3 is 1.91 bits per heavy atom. The molecule has 0 aromatic rings. The molecular weight excluding hydrogens is 456 g/mol. The van der Waals surface area contributed by atoms with Crippen molar-refractivity contribution in [1.82, 2.24) is 16.0 Å². The van der Waals surface area contributed by atoms with Crippen LogP contribution in [0.1, 0.15) is 45.4 Å². The number of aliphatic carboxylic acids is 2. The molecule has 5 unspecified atom stereocenters. The third-order valence-electron chi connectivity index (χ3n) is 4.67. The van der Waals surface area contributed by atoms with Gasteiger partial charge in [0.25, 0.3) is 0 Å². The monoisotopic (exact) mass is 490 g/mol. The van der Waals surface area contributed by atoms with Crippen molar-refractivity contribution in [2.24, 2.45) is 17.2 Å². The lowest BCUT2D eigenvalue weighted by atomic mass is 10.1. The van der Waals surface area contributed by atoms with Crippen LogP contribution in [0.4, 0.5) is 0 Å².